The standard InChI is InChI=1S/C68H80Cl2F6N14O12S2/c69-45-35-43(41-77)53-39-57(85-27-31-89(32-28-85)63(93)67(71,72)73)61(55(53)37-45)101-49-7-11-51(12-8-49)103(97,98)83-47-15-23-87(24-16-47)59(91)5-3-21-81-65(95)79-19-1-2-20-80-66(96)82-22-4-6-60(92)88-25-17-48(18-26-88)84-104(99,100)52-13-9-50(10-14-52)102-62-56-38-46(70)36-44(42-78)54(56)40-58(62)86-29-33-90(34-30-86)64(94)68(74,75)76/h7-14,35-38,47-48,57-58,61-62,83-84H,1-6,15-34,39-40H2,(H2,79,81,95)(H2,80,82,96)/t57-,58-,61-,62-/m0/s1. The molecule has 0 aromatic heterocycles. The van der Waals surface area contributed by atoms with Crippen molar-refractivity contribution in [1.29, 1.82) is 10.5 Å². The fraction of sp³-hybridized carbons (Fsp3) is 0.529. The van der Waals surface area contributed by atoms with Crippen LogP contribution in [0.5, 0.6) is 11.5 Å². The summed E-state index contributed by atoms with van der Waals surface area (Å²) in [4.78, 5) is 83.4. The van der Waals surface area contributed by atoms with Gasteiger partial charge in [-0.25, -0.2) is 35.9 Å². The average molecular weight is 1530 g/mol. The van der Waals surface area contributed by atoms with Crippen LogP contribution in [0.1, 0.15) is 110 Å². The van der Waals surface area contributed by atoms with Crippen molar-refractivity contribution >= 4 is 78.9 Å². The van der Waals surface area contributed by atoms with Gasteiger partial charge >= 0.3 is 36.2 Å². The predicted molar refractivity (Wildman–Crippen MR) is 366 cm³/mol. The van der Waals surface area contributed by atoms with Crippen LogP contribution in [0.2, 0.25) is 10.0 Å². The maximum atomic E-state index is 13.6. The van der Waals surface area contributed by atoms with Crippen molar-refractivity contribution in [2.45, 2.75) is 136 Å². The van der Waals surface area contributed by atoms with Crippen molar-refractivity contribution in [3.8, 4) is 23.6 Å². The Labute approximate surface area is 608 Å². The molecule has 26 nitrogen and oxygen atoms in total. The quantitative estimate of drug-likeness (QED) is 0.0308. The SMILES string of the molecule is N#Cc1cc(Cl)cc2c1C[C@H](N1CCN(C(=O)C(F)(F)F)CC1)[C@H]2Oc1ccc(S(=O)(=O)NC2CCN(C(=O)CCCNC(=O)NCCCCNC(=O)NCCCC(=O)N3CCC(NS(=O)(=O)c4ccc(O[C@H]5c6cc(Cl)cc(C#N)c6C[C@@H]5N5CCN(C(=O)C(F)(F)F)CC5)cc4)CC3)CC2)cc1. The van der Waals surface area contributed by atoms with Gasteiger partial charge in [0.2, 0.25) is 31.9 Å². The maximum absolute atomic E-state index is 13.6. The first-order valence-electron chi connectivity index (χ1n) is 34.3. The number of nitrogens with one attached hydrogen (secondary N) is 6. The predicted octanol–water partition coefficient (Wildman–Crippen LogP) is 6.42. The second-order valence-corrected chi connectivity index (χ2v) is 30.6. The lowest BCUT2D eigenvalue weighted by Gasteiger charge is -2.40. The first-order chi connectivity index (χ1) is 49.5. The van der Waals surface area contributed by atoms with Crippen molar-refractivity contribution in [3.63, 3.8) is 0 Å². The molecule has 4 fully saturated rings. The number of urea groups is 2. The number of carbonyl (C=O) groups is 6. The van der Waals surface area contributed by atoms with Crippen LogP contribution in [-0.4, -0.2) is 223 Å². The Bertz CT molecular complexity index is 3840. The fourth-order valence-corrected chi connectivity index (χ4v) is 17.1. The third-order valence-corrected chi connectivity index (χ3v) is 23.0. The van der Waals surface area contributed by atoms with Crippen LogP contribution in [0.4, 0.5) is 35.9 Å². The lowest BCUT2D eigenvalue weighted by atomic mass is 10.0. The first kappa shape index (κ1) is 78.4. The molecule has 36 heteroatoms. The Morgan fingerprint density at radius 1 is 0.471 bits per heavy atom. The molecule has 4 atom stereocenters. The molecule has 4 aromatic rings. The van der Waals surface area contributed by atoms with Crippen molar-refractivity contribution in [2.24, 2.45) is 0 Å². The molecule has 0 unspecified atom stereocenters. The lowest BCUT2D eigenvalue weighted by molar-refractivity contribution is -0.187. The van der Waals surface area contributed by atoms with Gasteiger partial charge in [-0.3, -0.25) is 29.0 Å². The van der Waals surface area contributed by atoms with E-state index in [0.29, 0.717) is 148 Å². The third-order valence-electron chi connectivity index (χ3n) is 19.5. The molecule has 6 aliphatic rings. The highest BCUT2D eigenvalue weighted by Gasteiger charge is 2.48. The number of piperidine rings is 2. The molecular formula is C68H80Cl2F6N14O12S2. The molecule has 10 rings (SSSR count). The summed E-state index contributed by atoms with van der Waals surface area (Å²) >= 11 is 12.8. The number of alkyl halides is 6. The number of unbranched alkanes of at least 4 members (excludes halogenated alkanes) is 1. The molecule has 104 heavy (non-hydrogen) atoms. The monoisotopic (exact) mass is 1530 g/mol. The van der Waals surface area contributed by atoms with Gasteiger partial charge in [-0.2, -0.15) is 36.9 Å². The van der Waals surface area contributed by atoms with E-state index < -0.39 is 92.7 Å². The summed E-state index contributed by atoms with van der Waals surface area (Å²) in [5.74, 6) is -3.50. The number of likely N-dealkylation sites (tertiary alicyclic amines) is 2. The number of carbonyl (C=O) groups excluding carboxylic acids is 6. The molecule has 562 valence electrons. The number of nitrogens with zero attached hydrogens (tertiary/aromatic N) is 8. The minimum absolute atomic E-state index is 0.0334. The highest BCUT2D eigenvalue weighted by Crippen LogP contribution is 2.44. The Morgan fingerprint density at radius 2 is 0.798 bits per heavy atom. The summed E-state index contributed by atoms with van der Waals surface area (Å²) in [7, 11) is -8.03. The van der Waals surface area contributed by atoms with Crippen LogP contribution >= 0.6 is 23.2 Å². The van der Waals surface area contributed by atoms with Gasteiger partial charge < -0.3 is 50.3 Å². The summed E-state index contributed by atoms with van der Waals surface area (Å²) in [6, 6.07) is 19.6. The smallest absolute Gasteiger partial charge is 0.471 e. The van der Waals surface area contributed by atoms with Gasteiger partial charge in [-0.1, -0.05) is 23.2 Å². The fourth-order valence-electron chi connectivity index (χ4n) is 14.1. The van der Waals surface area contributed by atoms with Gasteiger partial charge in [-0.15, -0.1) is 0 Å². The number of benzene rings is 4. The number of piperazine rings is 2. The molecule has 4 heterocycles. The number of hydrogen-bond acceptors (Lipinski definition) is 16. The van der Waals surface area contributed by atoms with E-state index in [2.05, 4.69) is 42.8 Å². The average Bonchev–Trinajstić information content (AvgIpc) is 1.62. The zero-order valence-corrected chi connectivity index (χ0v) is 59.7. The van der Waals surface area contributed by atoms with Crippen molar-refractivity contribution in [3.05, 3.63) is 116 Å². The van der Waals surface area contributed by atoms with Gasteiger partial charge in [-0.05, 0) is 159 Å². The Morgan fingerprint density at radius 3 is 1.12 bits per heavy atom. The molecule has 0 spiro atoms. The number of ether oxygens (including phenoxy) is 2. The number of fused-ring (bicyclic) bond motifs is 2. The molecular weight excluding hydrogens is 1450 g/mol. The van der Waals surface area contributed by atoms with Crippen LogP contribution in [0.15, 0.2) is 82.6 Å². The Balaban J connectivity index is 0.548. The van der Waals surface area contributed by atoms with Crippen LogP contribution in [0.25, 0.3) is 0 Å². The molecule has 2 aliphatic carbocycles. The Kier molecular flexibility index (Phi) is 25.9. The number of sulfonamides is 2. The second-order valence-electron chi connectivity index (χ2n) is 26.3. The topological polar surface area (TPSA) is 328 Å². The zero-order chi connectivity index (χ0) is 74.7. The summed E-state index contributed by atoms with van der Waals surface area (Å²) in [6.07, 6.45) is -7.18. The third kappa shape index (κ3) is 20.0. The van der Waals surface area contributed by atoms with Crippen LogP contribution in [0, 0.1) is 22.7 Å². The van der Waals surface area contributed by atoms with E-state index in [0.717, 1.165) is 9.80 Å². The summed E-state index contributed by atoms with van der Waals surface area (Å²) < 4.78 is 152. The molecule has 0 bridgehead atoms. The molecule has 4 saturated heterocycles. The van der Waals surface area contributed by atoms with Crippen molar-refractivity contribution in [1.82, 2.24) is 60.1 Å². The van der Waals surface area contributed by atoms with E-state index in [9.17, 15) is 82.5 Å². The van der Waals surface area contributed by atoms with Crippen molar-refractivity contribution < 1.29 is 81.4 Å². The number of rotatable bonds is 25. The lowest BCUT2D eigenvalue weighted by Crippen LogP contribution is -2.55. The second kappa shape index (κ2) is 34.3. The maximum Gasteiger partial charge on any atom is 0.471 e. The van der Waals surface area contributed by atoms with Gasteiger partial charge in [0, 0.05) is 140 Å². The van der Waals surface area contributed by atoms with E-state index in [1.54, 1.807) is 21.9 Å². The van der Waals surface area contributed by atoms with Crippen molar-refractivity contribution in [2.75, 3.05) is 105 Å². The zero-order valence-electron chi connectivity index (χ0n) is 56.5. The number of halogens is 8. The summed E-state index contributed by atoms with van der Waals surface area (Å²) in [6.45, 7) is 2.21. The van der Waals surface area contributed by atoms with Gasteiger partial charge in [0.05, 0.1) is 45.1 Å². The minimum atomic E-state index is -5.00. The molecule has 6 N–H and O–H groups in total. The number of nitriles is 2. The Hall–Kier alpha value is -8.22. The number of hydrogen-bond donors (Lipinski definition) is 6. The summed E-state index contributed by atoms with van der Waals surface area (Å²) in [5.41, 5.74) is 3.25. The van der Waals surface area contributed by atoms with Crippen LogP contribution < -0.4 is 40.2 Å². The van der Waals surface area contributed by atoms with Gasteiger partial charge in [0.1, 0.15) is 23.7 Å². The van der Waals surface area contributed by atoms with E-state index in [-0.39, 0.29) is 110 Å². The van der Waals surface area contributed by atoms with E-state index in [4.69, 9.17) is 32.7 Å². The largest absolute Gasteiger partial charge is 0.484 e. The van der Waals surface area contributed by atoms with Crippen LogP contribution in [0.3, 0.4) is 0 Å². The van der Waals surface area contributed by atoms with E-state index in [1.165, 1.54) is 60.7 Å². The molecule has 0 saturated carbocycles. The first-order valence-corrected chi connectivity index (χ1v) is 38.0. The molecule has 4 aliphatic heterocycles. The highest BCUT2D eigenvalue weighted by atomic mass is 35.5. The molecule has 0 radical (unpaired) electrons. The van der Waals surface area contributed by atoms with Crippen LogP contribution in [-0.2, 0) is 52.1 Å². The van der Waals surface area contributed by atoms with E-state index in [1.807, 2.05) is 9.80 Å². The van der Waals surface area contributed by atoms with E-state index >= 15 is 0 Å². The van der Waals surface area contributed by atoms with Gasteiger partial charge in [0.15, 0.2) is 0 Å². The summed E-state index contributed by atoms with van der Waals surface area (Å²) in [5, 5.41) is 31.3. The highest BCUT2D eigenvalue weighted by molar-refractivity contribution is 7.89. The minimum Gasteiger partial charge on any atom is -0.484 e. The number of amides is 8. The molecule has 8 amide bonds. The van der Waals surface area contributed by atoms with Gasteiger partial charge in [0.25, 0.3) is 0 Å². The normalized spacial score (nSPS) is 20.0. The molecule has 4 aromatic carbocycles.